The van der Waals surface area contributed by atoms with Crippen molar-refractivity contribution in [3.05, 3.63) is 71.4 Å². The first-order valence-corrected chi connectivity index (χ1v) is 12.6. The topological polar surface area (TPSA) is 71.3 Å². The Bertz CT molecular complexity index is 1470. The zero-order valence-electron chi connectivity index (χ0n) is 20.5. The predicted molar refractivity (Wildman–Crippen MR) is 135 cm³/mol. The van der Waals surface area contributed by atoms with Gasteiger partial charge in [0.25, 0.3) is 5.91 Å². The molecule has 1 amide bonds. The van der Waals surface area contributed by atoms with E-state index < -0.39 is 24.2 Å². The number of anilines is 1. The van der Waals surface area contributed by atoms with Gasteiger partial charge in [0.05, 0.1) is 24.0 Å². The van der Waals surface area contributed by atoms with Crippen LogP contribution in [0.4, 0.5) is 27.6 Å². The van der Waals surface area contributed by atoms with Crippen molar-refractivity contribution in [1.29, 1.82) is 0 Å². The SMILES string of the molecule is CCCNC(=O)c1ccc(-c2cnc3c(NCCC(F)(F)F)cc(Sc4ccc(F)c(F)c4)nn23)cc1C. The number of fused-ring (bicyclic) bond motifs is 1. The van der Waals surface area contributed by atoms with Gasteiger partial charge >= 0.3 is 6.18 Å². The van der Waals surface area contributed by atoms with Crippen molar-refractivity contribution < 1.29 is 26.7 Å². The first-order valence-electron chi connectivity index (χ1n) is 11.8. The number of halogens is 5. The lowest BCUT2D eigenvalue weighted by molar-refractivity contribution is -0.131. The van der Waals surface area contributed by atoms with Gasteiger partial charge in [0.15, 0.2) is 17.3 Å². The molecular weight excluding hydrogens is 525 g/mol. The molecule has 0 atom stereocenters. The molecule has 2 heterocycles. The minimum atomic E-state index is -4.34. The van der Waals surface area contributed by atoms with E-state index in [1.165, 1.54) is 22.8 Å². The van der Waals surface area contributed by atoms with Crippen LogP contribution in [0.3, 0.4) is 0 Å². The van der Waals surface area contributed by atoms with E-state index in [2.05, 4.69) is 20.7 Å². The Morgan fingerprint density at radius 3 is 2.53 bits per heavy atom. The van der Waals surface area contributed by atoms with Crippen LogP contribution in [0.15, 0.2) is 58.6 Å². The van der Waals surface area contributed by atoms with Crippen LogP contribution in [-0.2, 0) is 0 Å². The number of carbonyl (C=O) groups excluding carboxylic acids is 1. The normalized spacial score (nSPS) is 11.7. The molecule has 0 radical (unpaired) electrons. The molecule has 12 heteroatoms. The fourth-order valence-electron chi connectivity index (χ4n) is 3.73. The van der Waals surface area contributed by atoms with Crippen molar-refractivity contribution in [1.82, 2.24) is 19.9 Å². The fraction of sp³-hybridized carbons (Fsp3) is 0.269. The van der Waals surface area contributed by atoms with Gasteiger partial charge in [0, 0.05) is 29.1 Å². The fourth-order valence-corrected chi connectivity index (χ4v) is 4.57. The van der Waals surface area contributed by atoms with E-state index in [0.29, 0.717) is 44.6 Å². The minimum Gasteiger partial charge on any atom is -0.382 e. The molecule has 0 unspecified atom stereocenters. The van der Waals surface area contributed by atoms with E-state index in [0.717, 1.165) is 35.9 Å². The quantitative estimate of drug-likeness (QED) is 0.229. The van der Waals surface area contributed by atoms with Crippen LogP contribution in [0.5, 0.6) is 0 Å². The highest BCUT2D eigenvalue weighted by Gasteiger charge is 2.26. The molecule has 38 heavy (non-hydrogen) atoms. The number of benzene rings is 2. The molecule has 4 rings (SSSR count). The summed E-state index contributed by atoms with van der Waals surface area (Å²) >= 11 is 1.02. The smallest absolute Gasteiger partial charge is 0.382 e. The van der Waals surface area contributed by atoms with Gasteiger partial charge in [0.2, 0.25) is 0 Å². The maximum atomic E-state index is 13.8. The lowest BCUT2D eigenvalue weighted by Crippen LogP contribution is -2.24. The van der Waals surface area contributed by atoms with Crippen molar-refractivity contribution in [2.75, 3.05) is 18.4 Å². The van der Waals surface area contributed by atoms with Gasteiger partial charge in [0.1, 0.15) is 5.03 Å². The summed E-state index contributed by atoms with van der Waals surface area (Å²) in [5.41, 5.74) is 3.06. The van der Waals surface area contributed by atoms with Crippen LogP contribution in [0.25, 0.3) is 16.9 Å². The highest BCUT2D eigenvalue weighted by Crippen LogP contribution is 2.33. The Morgan fingerprint density at radius 2 is 1.84 bits per heavy atom. The number of amides is 1. The molecule has 4 aromatic rings. The average Bonchev–Trinajstić information content (AvgIpc) is 3.28. The molecule has 0 saturated carbocycles. The molecule has 0 fully saturated rings. The molecule has 0 aliphatic carbocycles. The second kappa shape index (κ2) is 11.4. The summed E-state index contributed by atoms with van der Waals surface area (Å²) in [4.78, 5) is 17.2. The van der Waals surface area contributed by atoms with Gasteiger partial charge in [-0.2, -0.15) is 18.3 Å². The minimum absolute atomic E-state index is 0.187. The third-order valence-corrected chi connectivity index (χ3v) is 6.48. The third kappa shape index (κ3) is 6.42. The highest BCUT2D eigenvalue weighted by molar-refractivity contribution is 7.99. The summed E-state index contributed by atoms with van der Waals surface area (Å²) in [7, 11) is 0. The van der Waals surface area contributed by atoms with Crippen LogP contribution in [-0.4, -0.2) is 39.8 Å². The molecule has 6 nitrogen and oxygen atoms in total. The predicted octanol–water partition coefficient (Wildman–Crippen LogP) is 6.64. The largest absolute Gasteiger partial charge is 0.390 e. The zero-order valence-corrected chi connectivity index (χ0v) is 21.3. The van der Waals surface area contributed by atoms with E-state index in [1.54, 1.807) is 25.1 Å². The number of hydrogen-bond acceptors (Lipinski definition) is 5. The summed E-state index contributed by atoms with van der Waals surface area (Å²) < 4.78 is 66.9. The summed E-state index contributed by atoms with van der Waals surface area (Å²) in [5, 5.41) is 10.5. The molecule has 0 aliphatic heterocycles. The molecule has 0 spiro atoms. The van der Waals surface area contributed by atoms with Crippen LogP contribution in [0.1, 0.15) is 35.7 Å². The second-order valence-electron chi connectivity index (χ2n) is 8.53. The lowest BCUT2D eigenvalue weighted by atomic mass is 10.0. The molecule has 0 bridgehead atoms. The van der Waals surface area contributed by atoms with Gasteiger partial charge in [-0.25, -0.2) is 18.3 Å². The maximum Gasteiger partial charge on any atom is 0.390 e. The second-order valence-corrected chi connectivity index (χ2v) is 9.62. The molecule has 0 saturated heterocycles. The van der Waals surface area contributed by atoms with Crippen LogP contribution in [0, 0.1) is 18.6 Å². The molecule has 2 aromatic carbocycles. The Kier molecular flexibility index (Phi) is 8.20. The number of nitrogens with zero attached hydrogens (tertiary/aromatic N) is 3. The standard InChI is InChI=1S/C26H24F5N5OS/c1-3-9-33-25(37)18-6-4-16(11-15(18)2)22-14-34-24-21(32-10-8-26(29,30)31)13-23(35-36(22)24)38-17-5-7-19(27)20(28)12-17/h4-7,11-14,32H,3,8-10H2,1-2H3,(H,33,37). The monoisotopic (exact) mass is 549 g/mol. The Balaban J connectivity index is 1.73. The van der Waals surface area contributed by atoms with E-state index in [-0.39, 0.29) is 12.5 Å². The van der Waals surface area contributed by atoms with Crippen LogP contribution in [0.2, 0.25) is 0 Å². The van der Waals surface area contributed by atoms with Gasteiger partial charge in [-0.05, 0) is 55.3 Å². The summed E-state index contributed by atoms with van der Waals surface area (Å²) in [5.74, 6) is -2.21. The highest BCUT2D eigenvalue weighted by atomic mass is 32.2. The van der Waals surface area contributed by atoms with Crippen molar-refractivity contribution in [3.8, 4) is 11.3 Å². The number of rotatable bonds is 9. The molecular formula is C26H24F5N5OS. The number of nitrogens with one attached hydrogen (secondary N) is 2. The van der Waals surface area contributed by atoms with E-state index in [4.69, 9.17) is 0 Å². The number of aromatic nitrogens is 3. The first kappa shape index (κ1) is 27.4. The Morgan fingerprint density at radius 1 is 1.05 bits per heavy atom. The Hall–Kier alpha value is -3.67. The maximum absolute atomic E-state index is 13.8. The molecule has 2 aromatic heterocycles. The van der Waals surface area contributed by atoms with Gasteiger partial charge in [-0.15, -0.1) is 0 Å². The third-order valence-electron chi connectivity index (χ3n) is 5.58. The Labute approximate surface area is 219 Å². The van der Waals surface area contributed by atoms with Crippen LogP contribution < -0.4 is 10.6 Å². The van der Waals surface area contributed by atoms with Crippen molar-refractivity contribution in [3.63, 3.8) is 0 Å². The molecule has 2 N–H and O–H groups in total. The van der Waals surface area contributed by atoms with Crippen molar-refractivity contribution in [2.24, 2.45) is 0 Å². The number of carbonyl (C=O) groups is 1. The van der Waals surface area contributed by atoms with E-state index >= 15 is 0 Å². The number of alkyl halides is 3. The average molecular weight is 550 g/mol. The number of hydrogen-bond donors (Lipinski definition) is 2. The lowest BCUT2D eigenvalue weighted by Gasteiger charge is -2.13. The van der Waals surface area contributed by atoms with E-state index in [9.17, 15) is 26.7 Å². The zero-order chi connectivity index (χ0) is 27.4. The van der Waals surface area contributed by atoms with E-state index in [1.807, 2.05) is 6.92 Å². The van der Waals surface area contributed by atoms with Crippen LogP contribution >= 0.6 is 11.8 Å². The summed E-state index contributed by atoms with van der Waals surface area (Å²) in [6.45, 7) is 3.93. The molecule has 0 aliphatic rings. The summed E-state index contributed by atoms with van der Waals surface area (Å²) in [6.07, 6.45) is -3.06. The van der Waals surface area contributed by atoms with Gasteiger partial charge in [-0.1, -0.05) is 24.8 Å². The van der Waals surface area contributed by atoms with Gasteiger partial charge in [-0.3, -0.25) is 4.79 Å². The number of imidazole rings is 1. The first-order chi connectivity index (χ1) is 18.1. The van der Waals surface area contributed by atoms with Gasteiger partial charge < -0.3 is 10.6 Å². The van der Waals surface area contributed by atoms with Crippen molar-refractivity contribution >= 4 is 29.0 Å². The van der Waals surface area contributed by atoms with Crippen molar-refractivity contribution in [2.45, 2.75) is 42.8 Å². The molecule has 200 valence electrons. The summed E-state index contributed by atoms with van der Waals surface area (Å²) in [6, 6.07) is 10.1. The number of aryl methyl sites for hydroxylation is 1.